The molecule has 0 radical (unpaired) electrons. The highest BCUT2D eigenvalue weighted by molar-refractivity contribution is 6.30. The first-order valence-corrected chi connectivity index (χ1v) is 4.90. The van der Waals surface area contributed by atoms with Crippen molar-refractivity contribution >= 4 is 28.9 Å². The summed E-state index contributed by atoms with van der Waals surface area (Å²) in [6.45, 7) is 0. The quantitative estimate of drug-likeness (QED) is 0.357. The van der Waals surface area contributed by atoms with Crippen LogP contribution in [0.5, 0.6) is 0 Å². The third-order valence-electron chi connectivity index (χ3n) is 1.72. The zero-order chi connectivity index (χ0) is 11.1. The molecule has 4 nitrogen and oxygen atoms in total. The van der Waals surface area contributed by atoms with Crippen molar-refractivity contribution in [1.29, 1.82) is 0 Å². The van der Waals surface area contributed by atoms with Crippen LogP contribution < -0.4 is 5.32 Å². The molecule has 0 saturated heterocycles. The summed E-state index contributed by atoms with van der Waals surface area (Å²) in [6, 6.07) is 9.04. The maximum Gasteiger partial charge on any atom is 0.230 e. The summed E-state index contributed by atoms with van der Waals surface area (Å²) in [6.07, 6.45) is -0.00507. The van der Waals surface area contributed by atoms with Gasteiger partial charge < -0.3 is 10.5 Å². The minimum Gasteiger partial charge on any atom is -0.411 e. The van der Waals surface area contributed by atoms with E-state index in [0.29, 0.717) is 5.69 Å². The third kappa shape index (κ3) is 3.99. The van der Waals surface area contributed by atoms with E-state index >= 15 is 0 Å². The first-order valence-electron chi connectivity index (χ1n) is 4.37. The predicted molar refractivity (Wildman–Crippen MR) is 59.6 cm³/mol. The molecule has 15 heavy (non-hydrogen) atoms. The van der Waals surface area contributed by atoms with Crippen molar-refractivity contribution in [2.45, 2.75) is 6.42 Å². The van der Waals surface area contributed by atoms with Crippen LogP contribution in [0.15, 0.2) is 35.5 Å². The van der Waals surface area contributed by atoms with Crippen molar-refractivity contribution in [2.24, 2.45) is 5.16 Å². The minimum absolute atomic E-state index is 0.00507. The van der Waals surface area contributed by atoms with Gasteiger partial charge in [-0.05, 0) is 12.1 Å². The number of carbonyl (C=O) groups excluding carboxylic acids is 1. The van der Waals surface area contributed by atoms with Gasteiger partial charge in [0.05, 0.1) is 18.0 Å². The zero-order valence-electron chi connectivity index (χ0n) is 7.98. The number of hydrogen-bond acceptors (Lipinski definition) is 3. The second kappa shape index (κ2) is 6.03. The normalized spacial score (nSPS) is 11.1. The highest BCUT2D eigenvalue weighted by Gasteiger charge is 2.07. The molecule has 0 fully saturated rings. The lowest BCUT2D eigenvalue weighted by molar-refractivity contribution is -0.115. The van der Waals surface area contributed by atoms with Gasteiger partial charge in [-0.3, -0.25) is 4.79 Å². The summed E-state index contributed by atoms with van der Waals surface area (Å²) < 4.78 is 0. The lowest BCUT2D eigenvalue weighted by Crippen LogP contribution is -2.17. The molecule has 1 aromatic rings. The summed E-state index contributed by atoms with van der Waals surface area (Å²) in [7, 11) is 0. The molecular weight excluding hydrogens is 216 g/mol. The number of nitrogens with zero attached hydrogens (tertiary/aromatic N) is 1. The van der Waals surface area contributed by atoms with Crippen LogP contribution in [-0.2, 0) is 4.79 Å². The number of nitrogens with one attached hydrogen (secondary N) is 1. The average Bonchev–Trinajstić information content (AvgIpc) is 2.27. The third-order valence-corrected chi connectivity index (χ3v) is 2.03. The van der Waals surface area contributed by atoms with Gasteiger partial charge in [0.15, 0.2) is 0 Å². The van der Waals surface area contributed by atoms with Crippen LogP contribution in [-0.4, -0.2) is 22.7 Å². The van der Waals surface area contributed by atoms with E-state index in [2.05, 4.69) is 10.5 Å². The number of para-hydroxylation sites is 1. The van der Waals surface area contributed by atoms with Crippen molar-refractivity contribution in [2.75, 3.05) is 11.2 Å². The van der Waals surface area contributed by atoms with Crippen LogP contribution in [0.3, 0.4) is 0 Å². The number of alkyl halides is 1. The Morgan fingerprint density at radius 2 is 2.07 bits per heavy atom. The lowest BCUT2D eigenvalue weighted by Gasteiger charge is -2.04. The van der Waals surface area contributed by atoms with Crippen LogP contribution in [0.4, 0.5) is 5.69 Å². The fourth-order valence-electron chi connectivity index (χ4n) is 1.02. The van der Waals surface area contributed by atoms with Gasteiger partial charge in [-0.25, -0.2) is 0 Å². The van der Waals surface area contributed by atoms with E-state index in [1.807, 2.05) is 18.2 Å². The monoisotopic (exact) mass is 226 g/mol. The van der Waals surface area contributed by atoms with E-state index in [4.69, 9.17) is 16.8 Å². The lowest BCUT2D eigenvalue weighted by atomic mass is 10.2. The van der Waals surface area contributed by atoms with Crippen LogP contribution >= 0.6 is 11.6 Å². The van der Waals surface area contributed by atoms with Gasteiger partial charge in [-0.2, -0.15) is 0 Å². The first kappa shape index (κ1) is 11.5. The number of halogens is 1. The highest BCUT2D eigenvalue weighted by Crippen LogP contribution is 2.05. The molecule has 0 spiro atoms. The summed E-state index contributed by atoms with van der Waals surface area (Å²) in [5, 5.41) is 14.0. The Kier molecular flexibility index (Phi) is 4.63. The molecule has 0 aromatic heterocycles. The van der Waals surface area contributed by atoms with E-state index in [9.17, 15) is 4.79 Å². The molecule has 0 saturated carbocycles. The van der Waals surface area contributed by atoms with E-state index in [1.165, 1.54) is 0 Å². The van der Waals surface area contributed by atoms with E-state index in [1.54, 1.807) is 12.1 Å². The van der Waals surface area contributed by atoms with Crippen molar-refractivity contribution in [3.8, 4) is 0 Å². The summed E-state index contributed by atoms with van der Waals surface area (Å²) >= 11 is 5.44. The number of oxime groups is 1. The fourth-order valence-corrected chi connectivity index (χ4v) is 1.17. The molecule has 1 amide bonds. The van der Waals surface area contributed by atoms with Crippen LogP contribution in [0.25, 0.3) is 0 Å². The largest absolute Gasteiger partial charge is 0.411 e. The zero-order valence-corrected chi connectivity index (χ0v) is 8.74. The van der Waals surface area contributed by atoms with Crippen LogP contribution in [0.2, 0.25) is 0 Å². The number of anilines is 1. The number of carbonyl (C=O) groups is 1. The molecule has 80 valence electrons. The van der Waals surface area contributed by atoms with Crippen LogP contribution in [0.1, 0.15) is 6.42 Å². The first-order chi connectivity index (χ1) is 7.26. The summed E-state index contributed by atoms with van der Waals surface area (Å²) in [4.78, 5) is 11.4. The topological polar surface area (TPSA) is 61.7 Å². The van der Waals surface area contributed by atoms with E-state index < -0.39 is 0 Å². The Morgan fingerprint density at radius 3 is 2.60 bits per heavy atom. The van der Waals surface area contributed by atoms with E-state index in [-0.39, 0.29) is 23.9 Å². The second-order valence-electron chi connectivity index (χ2n) is 2.89. The van der Waals surface area contributed by atoms with Gasteiger partial charge in [0.2, 0.25) is 5.91 Å². The number of benzene rings is 1. The van der Waals surface area contributed by atoms with Crippen molar-refractivity contribution in [1.82, 2.24) is 0 Å². The number of hydrogen-bond donors (Lipinski definition) is 2. The van der Waals surface area contributed by atoms with Gasteiger partial charge >= 0.3 is 0 Å². The van der Waals surface area contributed by atoms with Crippen molar-refractivity contribution in [3.05, 3.63) is 30.3 Å². The molecule has 0 heterocycles. The molecule has 0 aliphatic rings. The molecule has 1 aromatic carbocycles. The number of amides is 1. The van der Waals surface area contributed by atoms with Gasteiger partial charge in [-0.15, -0.1) is 11.6 Å². The molecule has 0 unspecified atom stereocenters. The van der Waals surface area contributed by atoms with Crippen LogP contribution in [0, 0.1) is 0 Å². The van der Waals surface area contributed by atoms with Crippen molar-refractivity contribution in [3.63, 3.8) is 0 Å². The van der Waals surface area contributed by atoms with Gasteiger partial charge in [-0.1, -0.05) is 23.4 Å². The number of rotatable bonds is 4. The highest BCUT2D eigenvalue weighted by atomic mass is 35.5. The predicted octanol–water partition coefficient (Wildman–Crippen LogP) is 2.08. The Labute approximate surface area is 92.5 Å². The molecule has 0 aliphatic carbocycles. The molecule has 0 bridgehead atoms. The average molecular weight is 227 g/mol. The second-order valence-corrected chi connectivity index (χ2v) is 3.16. The van der Waals surface area contributed by atoms with Crippen molar-refractivity contribution < 1.29 is 10.0 Å². The Balaban J connectivity index is 2.50. The minimum atomic E-state index is -0.255. The Hall–Kier alpha value is -1.55. The van der Waals surface area contributed by atoms with Gasteiger partial charge in [0.25, 0.3) is 0 Å². The standard InChI is InChI=1S/C10H11ClN2O2/c11-7-9(13-15)6-10(14)12-8-4-2-1-3-5-8/h1-5,15H,6-7H2,(H,12,14)/b13-9+. The molecule has 0 atom stereocenters. The Morgan fingerprint density at radius 1 is 1.40 bits per heavy atom. The maximum atomic E-state index is 11.4. The smallest absolute Gasteiger partial charge is 0.230 e. The SMILES string of the molecule is O=C(C/C(CCl)=N\O)Nc1ccccc1. The Bertz CT molecular complexity index is 352. The fraction of sp³-hybridized carbons (Fsp3) is 0.200. The molecule has 2 N–H and O–H groups in total. The van der Waals surface area contributed by atoms with E-state index in [0.717, 1.165) is 0 Å². The van der Waals surface area contributed by atoms with Gasteiger partial charge in [0, 0.05) is 5.69 Å². The molecule has 1 rings (SSSR count). The molecular formula is C10H11ClN2O2. The summed E-state index contributed by atoms with van der Waals surface area (Å²) in [5.74, 6) is -0.215. The molecule has 5 heteroatoms. The maximum absolute atomic E-state index is 11.4. The van der Waals surface area contributed by atoms with Gasteiger partial charge in [0.1, 0.15) is 0 Å². The summed E-state index contributed by atoms with van der Waals surface area (Å²) in [5.41, 5.74) is 0.944. The molecule has 0 aliphatic heterocycles.